The predicted molar refractivity (Wildman–Crippen MR) is 75.3 cm³/mol. The van der Waals surface area contributed by atoms with Gasteiger partial charge in [0.05, 0.1) is 0 Å². The van der Waals surface area contributed by atoms with Gasteiger partial charge in [0.2, 0.25) is 0 Å². The lowest BCUT2D eigenvalue weighted by atomic mass is 10.2. The van der Waals surface area contributed by atoms with E-state index in [1.165, 1.54) is 12.1 Å². The molecule has 1 aromatic rings. The monoisotopic (exact) mass is 283 g/mol. The normalized spacial score (nSPS) is 12.4. The summed E-state index contributed by atoms with van der Waals surface area (Å²) in [4.78, 5) is 10.9. The molecule has 0 aliphatic heterocycles. The summed E-state index contributed by atoms with van der Waals surface area (Å²) in [7, 11) is 0. The number of carboxylic acid groups (broad SMARTS) is 1. The molecule has 0 fully saturated rings. The van der Waals surface area contributed by atoms with Gasteiger partial charge < -0.3 is 15.2 Å². The first-order valence-corrected chi connectivity index (χ1v) is 6.82. The Morgan fingerprint density at radius 3 is 2.65 bits per heavy atom. The standard InChI is InChI=1S/C15H22FNO3/c1-4-14(15(18)19)20-13-6-11(5-12(16)7-13)9-17-8-10(2)3/h5-7,10,14,17H,4,8-9H2,1-3H3,(H,18,19). The van der Waals surface area contributed by atoms with Gasteiger partial charge in [-0.25, -0.2) is 9.18 Å². The summed E-state index contributed by atoms with van der Waals surface area (Å²) in [6.45, 7) is 7.25. The van der Waals surface area contributed by atoms with E-state index in [1.54, 1.807) is 13.0 Å². The van der Waals surface area contributed by atoms with E-state index < -0.39 is 17.9 Å². The summed E-state index contributed by atoms with van der Waals surface area (Å²) in [6.07, 6.45) is -0.625. The van der Waals surface area contributed by atoms with Crippen molar-refractivity contribution in [2.24, 2.45) is 5.92 Å². The molecule has 0 spiro atoms. The second-order valence-electron chi connectivity index (χ2n) is 5.17. The van der Waals surface area contributed by atoms with Crippen molar-refractivity contribution in [3.8, 4) is 5.75 Å². The Hall–Kier alpha value is -1.62. The molecular weight excluding hydrogens is 261 g/mol. The van der Waals surface area contributed by atoms with Gasteiger partial charge in [-0.2, -0.15) is 0 Å². The average Bonchev–Trinajstić information content (AvgIpc) is 2.34. The molecule has 0 saturated carbocycles. The van der Waals surface area contributed by atoms with Gasteiger partial charge in [0.1, 0.15) is 11.6 Å². The summed E-state index contributed by atoms with van der Waals surface area (Å²) in [5.41, 5.74) is 0.737. The van der Waals surface area contributed by atoms with Crippen LogP contribution in [-0.2, 0) is 11.3 Å². The molecule has 112 valence electrons. The van der Waals surface area contributed by atoms with E-state index in [4.69, 9.17) is 9.84 Å². The first kappa shape index (κ1) is 16.4. The van der Waals surface area contributed by atoms with Gasteiger partial charge in [-0.05, 0) is 36.6 Å². The van der Waals surface area contributed by atoms with Crippen LogP contribution in [0.15, 0.2) is 18.2 Å². The summed E-state index contributed by atoms with van der Waals surface area (Å²) >= 11 is 0. The molecule has 1 atom stereocenters. The maximum atomic E-state index is 13.5. The Labute approximate surface area is 119 Å². The van der Waals surface area contributed by atoms with Crippen molar-refractivity contribution in [1.82, 2.24) is 5.32 Å². The van der Waals surface area contributed by atoms with Crippen LogP contribution in [0.5, 0.6) is 5.75 Å². The molecule has 0 aromatic heterocycles. The van der Waals surface area contributed by atoms with Gasteiger partial charge in [0.25, 0.3) is 0 Å². The predicted octanol–water partition coefficient (Wildman–Crippen LogP) is 2.81. The molecule has 0 saturated heterocycles. The number of halogens is 1. The molecule has 1 unspecified atom stereocenters. The largest absolute Gasteiger partial charge is 0.479 e. The van der Waals surface area contributed by atoms with Crippen LogP contribution >= 0.6 is 0 Å². The van der Waals surface area contributed by atoms with Crippen molar-refractivity contribution in [1.29, 1.82) is 0 Å². The van der Waals surface area contributed by atoms with Crippen molar-refractivity contribution in [3.05, 3.63) is 29.6 Å². The summed E-state index contributed by atoms with van der Waals surface area (Å²) in [5.74, 6) is -0.711. The minimum absolute atomic E-state index is 0.251. The third-order valence-corrected chi connectivity index (χ3v) is 2.74. The highest BCUT2D eigenvalue weighted by Gasteiger charge is 2.17. The van der Waals surface area contributed by atoms with E-state index in [1.807, 2.05) is 0 Å². The second kappa shape index (κ2) is 7.85. The Morgan fingerprint density at radius 1 is 1.40 bits per heavy atom. The smallest absolute Gasteiger partial charge is 0.344 e. The lowest BCUT2D eigenvalue weighted by Gasteiger charge is -2.14. The minimum Gasteiger partial charge on any atom is -0.479 e. The van der Waals surface area contributed by atoms with Crippen LogP contribution in [0, 0.1) is 11.7 Å². The Bertz CT molecular complexity index is 449. The quantitative estimate of drug-likeness (QED) is 0.770. The van der Waals surface area contributed by atoms with Crippen LogP contribution in [0.1, 0.15) is 32.8 Å². The van der Waals surface area contributed by atoms with E-state index in [-0.39, 0.29) is 5.75 Å². The van der Waals surface area contributed by atoms with Crippen molar-refractivity contribution < 1.29 is 19.0 Å². The van der Waals surface area contributed by atoms with E-state index in [0.29, 0.717) is 18.9 Å². The fraction of sp³-hybridized carbons (Fsp3) is 0.533. The number of hydrogen-bond acceptors (Lipinski definition) is 3. The van der Waals surface area contributed by atoms with E-state index >= 15 is 0 Å². The molecular formula is C15H22FNO3. The SMILES string of the molecule is CCC(Oc1cc(F)cc(CNCC(C)C)c1)C(=O)O. The molecule has 5 heteroatoms. The van der Waals surface area contributed by atoms with E-state index in [0.717, 1.165) is 12.1 Å². The highest BCUT2D eigenvalue weighted by Crippen LogP contribution is 2.19. The molecule has 0 bridgehead atoms. The molecule has 2 N–H and O–H groups in total. The van der Waals surface area contributed by atoms with E-state index in [2.05, 4.69) is 19.2 Å². The Kier molecular flexibility index (Phi) is 6.45. The highest BCUT2D eigenvalue weighted by atomic mass is 19.1. The van der Waals surface area contributed by atoms with Gasteiger partial charge in [0, 0.05) is 12.6 Å². The van der Waals surface area contributed by atoms with Gasteiger partial charge in [-0.3, -0.25) is 0 Å². The Balaban J connectivity index is 2.72. The number of benzene rings is 1. The fourth-order valence-corrected chi connectivity index (χ4v) is 1.77. The van der Waals surface area contributed by atoms with Gasteiger partial charge in [0.15, 0.2) is 6.10 Å². The molecule has 20 heavy (non-hydrogen) atoms. The van der Waals surface area contributed by atoms with Crippen LogP contribution in [0.4, 0.5) is 4.39 Å². The summed E-state index contributed by atoms with van der Waals surface area (Å²) in [5, 5.41) is 12.2. The molecule has 0 aliphatic carbocycles. The van der Waals surface area contributed by atoms with Crippen LogP contribution in [-0.4, -0.2) is 23.7 Å². The van der Waals surface area contributed by atoms with Crippen molar-refractivity contribution in [3.63, 3.8) is 0 Å². The molecule has 0 amide bonds. The Morgan fingerprint density at radius 2 is 2.10 bits per heavy atom. The third-order valence-electron chi connectivity index (χ3n) is 2.74. The highest BCUT2D eigenvalue weighted by molar-refractivity contribution is 5.72. The fourth-order valence-electron chi connectivity index (χ4n) is 1.77. The number of carbonyl (C=O) groups is 1. The summed E-state index contributed by atoms with van der Waals surface area (Å²) < 4.78 is 18.8. The minimum atomic E-state index is -1.05. The first-order chi connectivity index (χ1) is 9.42. The van der Waals surface area contributed by atoms with Gasteiger partial charge in [-0.15, -0.1) is 0 Å². The molecule has 0 aliphatic rings. The van der Waals surface area contributed by atoms with Gasteiger partial charge >= 0.3 is 5.97 Å². The molecule has 1 aromatic carbocycles. The van der Waals surface area contributed by atoms with Crippen molar-refractivity contribution >= 4 is 5.97 Å². The van der Waals surface area contributed by atoms with Crippen LogP contribution in [0.2, 0.25) is 0 Å². The maximum absolute atomic E-state index is 13.5. The number of ether oxygens (including phenoxy) is 1. The van der Waals surface area contributed by atoms with Gasteiger partial charge in [-0.1, -0.05) is 20.8 Å². The molecule has 0 radical (unpaired) electrons. The number of carboxylic acids is 1. The molecule has 1 rings (SSSR count). The topological polar surface area (TPSA) is 58.6 Å². The first-order valence-electron chi connectivity index (χ1n) is 6.82. The molecule has 4 nitrogen and oxygen atoms in total. The number of hydrogen-bond donors (Lipinski definition) is 2. The maximum Gasteiger partial charge on any atom is 0.344 e. The zero-order chi connectivity index (χ0) is 15.1. The van der Waals surface area contributed by atoms with Crippen LogP contribution in [0.3, 0.4) is 0 Å². The van der Waals surface area contributed by atoms with Crippen LogP contribution < -0.4 is 10.1 Å². The zero-order valence-corrected chi connectivity index (χ0v) is 12.1. The average molecular weight is 283 g/mol. The number of nitrogens with one attached hydrogen (secondary N) is 1. The van der Waals surface area contributed by atoms with E-state index in [9.17, 15) is 9.18 Å². The van der Waals surface area contributed by atoms with Crippen LogP contribution in [0.25, 0.3) is 0 Å². The lowest BCUT2D eigenvalue weighted by Crippen LogP contribution is -2.26. The number of rotatable bonds is 8. The second-order valence-corrected chi connectivity index (χ2v) is 5.17. The number of aliphatic carboxylic acids is 1. The van der Waals surface area contributed by atoms with Crippen molar-refractivity contribution in [2.75, 3.05) is 6.54 Å². The third kappa shape index (κ3) is 5.57. The zero-order valence-electron chi connectivity index (χ0n) is 12.1. The lowest BCUT2D eigenvalue weighted by molar-refractivity contribution is -0.145. The summed E-state index contributed by atoms with van der Waals surface area (Å²) in [6, 6.07) is 4.29. The molecule has 0 heterocycles. The van der Waals surface area contributed by atoms with Crippen molar-refractivity contribution in [2.45, 2.75) is 39.8 Å².